The Labute approximate surface area is 143 Å². The fourth-order valence-electron chi connectivity index (χ4n) is 4.06. The van der Waals surface area contributed by atoms with E-state index in [0.717, 1.165) is 51.3 Å². The second-order valence-electron chi connectivity index (χ2n) is 7.22. The molecule has 1 aliphatic carbocycles. The van der Waals surface area contributed by atoms with Crippen LogP contribution in [0, 0.1) is 0 Å². The van der Waals surface area contributed by atoms with Crippen LogP contribution in [0.1, 0.15) is 36.8 Å². The number of nitrogens with zero attached hydrogens (tertiary/aromatic N) is 1. The van der Waals surface area contributed by atoms with Gasteiger partial charge in [0.05, 0.1) is 32.0 Å². The second-order valence-corrected chi connectivity index (χ2v) is 7.22. The van der Waals surface area contributed by atoms with Gasteiger partial charge in [-0.3, -0.25) is 4.90 Å². The summed E-state index contributed by atoms with van der Waals surface area (Å²) in [5.74, 6) is -0.428. The summed E-state index contributed by atoms with van der Waals surface area (Å²) in [6.45, 7) is 5.94. The lowest BCUT2D eigenvalue weighted by atomic mass is 9.77. The normalized spacial score (nSPS) is 26.7. The first kappa shape index (κ1) is 16.5. The van der Waals surface area contributed by atoms with Crippen LogP contribution in [-0.4, -0.2) is 55.3 Å². The summed E-state index contributed by atoms with van der Waals surface area (Å²) in [5.41, 5.74) is 1.55. The summed E-state index contributed by atoms with van der Waals surface area (Å²) in [5, 5.41) is 11.1. The van der Waals surface area contributed by atoms with Crippen molar-refractivity contribution in [1.82, 2.24) is 4.90 Å². The van der Waals surface area contributed by atoms with E-state index < -0.39 is 11.4 Å². The monoisotopic (exact) mass is 333 g/mol. The van der Waals surface area contributed by atoms with E-state index in [0.29, 0.717) is 26.1 Å². The summed E-state index contributed by atoms with van der Waals surface area (Å²) in [7, 11) is 0. The Bertz CT molecular complexity index is 537. The van der Waals surface area contributed by atoms with Crippen LogP contribution in [0.5, 0.6) is 0 Å². The van der Waals surface area contributed by atoms with Crippen LogP contribution < -0.4 is 0 Å². The molecule has 1 aromatic rings. The molecule has 1 saturated carbocycles. The quantitative estimate of drug-likeness (QED) is 0.917. The Morgan fingerprint density at radius 2 is 1.50 bits per heavy atom. The number of aliphatic hydroxyl groups is 1. The molecule has 3 aliphatic rings. The van der Waals surface area contributed by atoms with Gasteiger partial charge in [0, 0.05) is 32.5 Å². The van der Waals surface area contributed by atoms with Crippen LogP contribution >= 0.6 is 0 Å². The number of rotatable bonds is 3. The van der Waals surface area contributed by atoms with E-state index in [2.05, 4.69) is 29.2 Å². The van der Waals surface area contributed by atoms with Gasteiger partial charge in [-0.2, -0.15) is 0 Å². The van der Waals surface area contributed by atoms with Crippen LogP contribution in [0.4, 0.5) is 0 Å². The molecule has 3 fully saturated rings. The summed E-state index contributed by atoms with van der Waals surface area (Å²) in [4.78, 5) is 2.41. The zero-order valence-corrected chi connectivity index (χ0v) is 14.2. The Kier molecular flexibility index (Phi) is 4.62. The first-order chi connectivity index (χ1) is 11.7. The molecule has 2 saturated heterocycles. The number of benzene rings is 1. The molecule has 0 bridgehead atoms. The molecule has 0 aromatic heterocycles. The third kappa shape index (κ3) is 3.37. The van der Waals surface area contributed by atoms with Crippen molar-refractivity contribution in [2.24, 2.45) is 0 Å². The maximum atomic E-state index is 11.1. The average Bonchev–Trinajstić information content (AvgIpc) is 3.08. The molecular weight excluding hydrogens is 306 g/mol. The van der Waals surface area contributed by atoms with E-state index in [1.165, 1.54) is 5.56 Å². The van der Waals surface area contributed by atoms with E-state index in [9.17, 15) is 5.11 Å². The molecule has 2 heterocycles. The Hall–Kier alpha value is -0.980. The first-order valence-electron chi connectivity index (χ1n) is 9.07. The Morgan fingerprint density at radius 1 is 0.875 bits per heavy atom. The molecule has 4 rings (SSSR count). The maximum Gasteiger partial charge on any atom is 0.168 e. The van der Waals surface area contributed by atoms with Gasteiger partial charge in [-0.05, 0) is 24.0 Å². The zero-order valence-electron chi connectivity index (χ0n) is 14.2. The largest absolute Gasteiger partial charge is 0.385 e. The van der Waals surface area contributed by atoms with Crippen molar-refractivity contribution in [3.8, 4) is 0 Å². The molecule has 5 nitrogen and oxygen atoms in total. The van der Waals surface area contributed by atoms with Crippen molar-refractivity contribution in [1.29, 1.82) is 0 Å². The summed E-state index contributed by atoms with van der Waals surface area (Å²) in [6.07, 6.45) is 2.91. The molecular formula is C19H27NO4. The zero-order chi connectivity index (χ0) is 16.5. The molecule has 0 unspecified atom stereocenters. The van der Waals surface area contributed by atoms with Crippen LogP contribution in [0.15, 0.2) is 24.3 Å². The van der Waals surface area contributed by atoms with Crippen molar-refractivity contribution >= 4 is 0 Å². The predicted molar refractivity (Wildman–Crippen MR) is 89.5 cm³/mol. The van der Waals surface area contributed by atoms with Crippen LogP contribution in [0.2, 0.25) is 0 Å². The van der Waals surface area contributed by atoms with E-state index in [1.807, 2.05) is 0 Å². The minimum Gasteiger partial charge on any atom is -0.385 e. The minimum absolute atomic E-state index is 0.428. The van der Waals surface area contributed by atoms with Crippen LogP contribution in [-0.2, 0) is 26.4 Å². The molecule has 5 heteroatoms. The summed E-state index contributed by atoms with van der Waals surface area (Å²) < 4.78 is 16.9. The molecule has 0 amide bonds. The van der Waals surface area contributed by atoms with Crippen molar-refractivity contribution in [3.05, 3.63) is 35.4 Å². The molecule has 0 radical (unpaired) electrons. The fourth-order valence-corrected chi connectivity index (χ4v) is 4.06. The lowest BCUT2D eigenvalue weighted by Gasteiger charge is -2.40. The summed E-state index contributed by atoms with van der Waals surface area (Å²) >= 11 is 0. The molecule has 1 spiro atoms. The van der Waals surface area contributed by atoms with E-state index in [-0.39, 0.29) is 0 Å². The van der Waals surface area contributed by atoms with Gasteiger partial charge in [-0.25, -0.2) is 0 Å². The first-order valence-corrected chi connectivity index (χ1v) is 9.07. The lowest BCUT2D eigenvalue weighted by molar-refractivity contribution is -0.204. The van der Waals surface area contributed by atoms with E-state index in [1.54, 1.807) is 0 Å². The Morgan fingerprint density at radius 3 is 2.12 bits per heavy atom. The highest BCUT2D eigenvalue weighted by molar-refractivity contribution is 5.28. The van der Waals surface area contributed by atoms with Gasteiger partial charge in [-0.15, -0.1) is 0 Å². The van der Waals surface area contributed by atoms with Crippen LogP contribution in [0.25, 0.3) is 0 Å². The average molecular weight is 333 g/mol. The van der Waals surface area contributed by atoms with E-state index in [4.69, 9.17) is 14.2 Å². The van der Waals surface area contributed by atoms with Crippen LogP contribution in [0.3, 0.4) is 0 Å². The second kappa shape index (κ2) is 6.73. The van der Waals surface area contributed by atoms with Gasteiger partial charge >= 0.3 is 0 Å². The third-order valence-corrected chi connectivity index (χ3v) is 5.65. The highest BCUT2D eigenvalue weighted by Gasteiger charge is 2.46. The van der Waals surface area contributed by atoms with Gasteiger partial charge in [0.15, 0.2) is 5.79 Å². The van der Waals surface area contributed by atoms with Gasteiger partial charge in [0.1, 0.15) is 0 Å². The van der Waals surface area contributed by atoms with Gasteiger partial charge in [0.2, 0.25) is 0 Å². The highest BCUT2D eigenvalue weighted by Crippen LogP contribution is 2.44. The molecule has 132 valence electrons. The van der Waals surface area contributed by atoms with Crippen molar-refractivity contribution in [3.63, 3.8) is 0 Å². The Balaban J connectivity index is 1.39. The fraction of sp³-hybridized carbons (Fsp3) is 0.684. The minimum atomic E-state index is -0.752. The van der Waals surface area contributed by atoms with Gasteiger partial charge < -0.3 is 19.3 Å². The molecule has 1 N–H and O–H groups in total. The number of morpholine rings is 1. The molecule has 24 heavy (non-hydrogen) atoms. The van der Waals surface area contributed by atoms with E-state index >= 15 is 0 Å². The third-order valence-electron chi connectivity index (χ3n) is 5.65. The smallest absolute Gasteiger partial charge is 0.168 e. The highest BCUT2D eigenvalue weighted by atomic mass is 16.7. The number of hydrogen-bond acceptors (Lipinski definition) is 5. The predicted octanol–water partition coefficient (Wildman–Crippen LogP) is 2.02. The SMILES string of the molecule is OC1(c2ccc(CN3CCOCC3)cc2)CCC2(CC1)OCCO2. The number of ether oxygens (including phenoxy) is 3. The molecule has 0 atom stereocenters. The maximum absolute atomic E-state index is 11.1. The van der Waals surface area contributed by atoms with Gasteiger partial charge in [0.25, 0.3) is 0 Å². The number of hydrogen-bond donors (Lipinski definition) is 1. The lowest BCUT2D eigenvalue weighted by Crippen LogP contribution is -2.42. The standard InChI is InChI=1S/C19H27NO4/c21-18(5-7-19(8-6-18)23-13-14-24-19)17-3-1-16(2-4-17)15-20-9-11-22-12-10-20/h1-4,21H,5-15H2. The topological polar surface area (TPSA) is 51.2 Å². The van der Waals surface area contributed by atoms with Crippen molar-refractivity contribution in [2.45, 2.75) is 43.6 Å². The summed E-state index contributed by atoms with van der Waals surface area (Å²) in [6, 6.07) is 8.47. The van der Waals surface area contributed by atoms with Gasteiger partial charge in [-0.1, -0.05) is 24.3 Å². The molecule has 1 aromatic carbocycles. The van der Waals surface area contributed by atoms with Crippen molar-refractivity contribution < 1.29 is 19.3 Å². The van der Waals surface area contributed by atoms with Crippen molar-refractivity contribution in [2.75, 3.05) is 39.5 Å². The molecule has 2 aliphatic heterocycles.